The summed E-state index contributed by atoms with van der Waals surface area (Å²) in [5, 5.41) is 2.71. The number of carbonyl (C=O) groups excluding carboxylic acids is 2. The molecule has 0 unspecified atom stereocenters. The Morgan fingerprint density at radius 2 is 2.10 bits per heavy atom. The number of piperazine rings is 1. The molecule has 2 rings (SSSR count). The molecule has 0 radical (unpaired) electrons. The number of benzene rings is 1. The minimum Gasteiger partial charge on any atom is -0.389 e. The Bertz CT molecular complexity index is 616. The molecule has 1 aromatic carbocycles. The van der Waals surface area contributed by atoms with Gasteiger partial charge in [-0.1, -0.05) is 29.9 Å². The van der Waals surface area contributed by atoms with E-state index in [0.717, 1.165) is 0 Å². The average Bonchev–Trinajstić information content (AvgIpc) is 2.33. The molecular formula is C13H14ClN3O2S. The third kappa shape index (κ3) is 2.36. The maximum Gasteiger partial charge on any atom is 0.251 e. The minimum absolute atomic E-state index is 0.0364. The van der Waals surface area contributed by atoms with Crippen molar-refractivity contribution < 1.29 is 9.59 Å². The van der Waals surface area contributed by atoms with E-state index in [1.165, 1.54) is 0 Å². The fourth-order valence-corrected chi connectivity index (χ4v) is 2.69. The number of nitrogens with two attached hydrogens (primary N) is 1. The molecule has 0 spiro atoms. The molecule has 0 aromatic heterocycles. The quantitative estimate of drug-likeness (QED) is 0.634. The largest absolute Gasteiger partial charge is 0.389 e. The van der Waals surface area contributed by atoms with E-state index in [4.69, 9.17) is 29.6 Å². The molecule has 106 valence electrons. The van der Waals surface area contributed by atoms with Gasteiger partial charge in [0.15, 0.2) is 0 Å². The number of halogens is 1. The minimum atomic E-state index is -0.905. The Hall–Kier alpha value is -1.66. The van der Waals surface area contributed by atoms with Crippen LogP contribution in [0.15, 0.2) is 18.2 Å². The summed E-state index contributed by atoms with van der Waals surface area (Å²) in [5.74, 6) is -0.745. The van der Waals surface area contributed by atoms with Gasteiger partial charge in [-0.3, -0.25) is 14.9 Å². The van der Waals surface area contributed by atoms with Gasteiger partial charge in [0.1, 0.15) is 10.5 Å². The highest BCUT2D eigenvalue weighted by Gasteiger charge is 2.42. The standard InChI is InChI=1S/C13H14ClN3O2S/c1-13(2)12(19)16-9(18)6-17(13)8-5-3-4-7(14)10(8)11(15)20/h3-5H,6H2,1-2H3,(H2,15,20)(H,16,18,19). The van der Waals surface area contributed by atoms with E-state index in [-0.39, 0.29) is 23.3 Å². The molecule has 20 heavy (non-hydrogen) atoms. The molecule has 3 N–H and O–H groups in total. The van der Waals surface area contributed by atoms with E-state index in [0.29, 0.717) is 16.3 Å². The van der Waals surface area contributed by atoms with Gasteiger partial charge in [-0.2, -0.15) is 0 Å². The van der Waals surface area contributed by atoms with Crippen LogP contribution in [-0.2, 0) is 9.59 Å². The molecule has 7 heteroatoms. The van der Waals surface area contributed by atoms with Gasteiger partial charge in [-0.15, -0.1) is 0 Å². The zero-order chi connectivity index (χ0) is 15.1. The lowest BCUT2D eigenvalue weighted by Gasteiger charge is -2.42. The topological polar surface area (TPSA) is 75.4 Å². The number of imide groups is 1. The summed E-state index contributed by atoms with van der Waals surface area (Å²) in [6.45, 7) is 3.48. The van der Waals surface area contributed by atoms with E-state index in [1.807, 2.05) is 0 Å². The maximum absolute atomic E-state index is 12.0. The summed E-state index contributed by atoms with van der Waals surface area (Å²) in [7, 11) is 0. The molecule has 1 aliphatic heterocycles. The van der Waals surface area contributed by atoms with Gasteiger partial charge in [0.05, 0.1) is 17.1 Å². The van der Waals surface area contributed by atoms with Crippen LogP contribution >= 0.6 is 23.8 Å². The molecule has 1 fully saturated rings. The van der Waals surface area contributed by atoms with Crippen molar-refractivity contribution in [2.45, 2.75) is 19.4 Å². The zero-order valence-electron chi connectivity index (χ0n) is 11.1. The third-order valence-corrected chi connectivity index (χ3v) is 3.83. The van der Waals surface area contributed by atoms with Crippen LogP contribution in [0.2, 0.25) is 5.02 Å². The number of nitrogens with one attached hydrogen (secondary N) is 1. The first kappa shape index (κ1) is 14.7. The monoisotopic (exact) mass is 311 g/mol. The van der Waals surface area contributed by atoms with Crippen molar-refractivity contribution >= 4 is 46.3 Å². The first-order valence-electron chi connectivity index (χ1n) is 5.95. The van der Waals surface area contributed by atoms with Gasteiger partial charge in [-0.25, -0.2) is 0 Å². The van der Waals surface area contributed by atoms with Crippen LogP contribution < -0.4 is 16.0 Å². The van der Waals surface area contributed by atoms with Gasteiger partial charge in [0.25, 0.3) is 5.91 Å². The van der Waals surface area contributed by atoms with Gasteiger partial charge < -0.3 is 10.6 Å². The van der Waals surface area contributed by atoms with Crippen LogP contribution in [-0.4, -0.2) is 28.9 Å². The van der Waals surface area contributed by atoms with E-state index in [1.54, 1.807) is 36.9 Å². The Balaban J connectivity index is 2.60. The van der Waals surface area contributed by atoms with E-state index in [9.17, 15) is 9.59 Å². The molecule has 1 saturated heterocycles. The smallest absolute Gasteiger partial charge is 0.251 e. The van der Waals surface area contributed by atoms with Crippen LogP contribution in [0.1, 0.15) is 19.4 Å². The van der Waals surface area contributed by atoms with Crippen molar-refractivity contribution in [1.29, 1.82) is 0 Å². The number of rotatable bonds is 2. The lowest BCUT2D eigenvalue weighted by atomic mass is 9.96. The lowest BCUT2D eigenvalue weighted by molar-refractivity contribution is -0.135. The number of thiocarbonyl (C=S) groups is 1. The first-order chi connectivity index (χ1) is 9.25. The molecule has 0 atom stereocenters. The summed E-state index contributed by atoms with van der Waals surface area (Å²) in [6, 6.07) is 5.14. The van der Waals surface area contributed by atoms with Gasteiger partial charge in [0, 0.05) is 5.69 Å². The lowest BCUT2D eigenvalue weighted by Crippen LogP contribution is -2.64. The molecule has 5 nitrogen and oxygen atoms in total. The summed E-state index contributed by atoms with van der Waals surface area (Å²) in [5.41, 5.74) is 5.86. The van der Waals surface area contributed by atoms with Gasteiger partial charge >= 0.3 is 0 Å². The predicted octanol–water partition coefficient (Wildman–Crippen LogP) is 1.22. The van der Waals surface area contributed by atoms with Crippen molar-refractivity contribution in [2.24, 2.45) is 5.73 Å². The second-order valence-corrected chi connectivity index (χ2v) is 5.87. The Morgan fingerprint density at radius 1 is 1.45 bits per heavy atom. The summed E-state index contributed by atoms with van der Waals surface area (Å²) in [6.07, 6.45) is 0. The fourth-order valence-electron chi connectivity index (χ4n) is 2.15. The molecule has 2 amide bonds. The highest BCUT2D eigenvalue weighted by molar-refractivity contribution is 7.80. The Kier molecular flexibility index (Phi) is 3.71. The molecule has 0 saturated carbocycles. The highest BCUT2D eigenvalue weighted by Crippen LogP contribution is 2.33. The van der Waals surface area contributed by atoms with Crippen LogP contribution in [0.3, 0.4) is 0 Å². The Morgan fingerprint density at radius 3 is 2.70 bits per heavy atom. The summed E-state index contributed by atoms with van der Waals surface area (Å²) in [4.78, 5) is 25.4. The van der Waals surface area contributed by atoms with E-state index >= 15 is 0 Å². The number of carbonyl (C=O) groups is 2. The van der Waals surface area contributed by atoms with Gasteiger partial charge in [0.2, 0.25) is 5.91 Å². The second kappa shape index (κ2) is 5.03. The number of hydrogen-bond donors (Lipinski definition) is 2. The zero-order valence-corrected chi connectivity index (χ0v) is 12.6. The van der Waals surface area contributed by atoms with Crippen molar-refractivity contribution in [3.8, 4) is 0 Å². The average molecular weight is 312 g/mol. The number of amides is 2. The number of nitrogens with zero attached hydrogens (tertiary/aromatic N) is 1. The van der Waals surface area contributed by atoms with Crippen molar-refractivity contribution in [3.05, 3.63) is 28.8 Å². The summed E-state index contributed by atoms with van der Waals surface area (Å²) >= 11 is 11.2. The molecule has 1 aromatic rings. The van der Waals surface area contributed by atoms with Crippen molar-refractivity contribution in [3.63, 3.8) is 0 Å². The second-order valence-electron chi connectivity index (χ2n) is 5.02. The van der Waals surface area contributed by atoms with Gasteiger partial charge in [-0.05, 0) is 26.0 Å². The fraction of sp³-hybridized carbons (Fsp3) is 0.308. The van der Waals surface area contributed by atoms with Crippen LogP contribution in [0.5, 0.6) is 0 Å². The summed E-state index contributed by atoms with van der Waals surface area (Å²) < 4.78 is 0. The van der Waals surface area contributed by atoms with E-state index < -0.39 is 5.54 Å². The molecule has 1 heterocycles. The van der Waals surface area contributed by atoms with E-state index in [2.05, 4.69) is 5.32 Å². The molecule has 0 aliphatic carbocycles. The predicted molar refractivity (Wildman–Crippen MR) is 81.9 cm³/mol. The number of anilines is 1. The molecule has 1 aliphatic rings. The molecule has 0 bridgehead atoms. The highest BCUT2D eigenvalue weighted by atomic mass is 35.5. The molecular weight excluding hydrogens is 298 g/mol. The van der Waals surface area contributed by atoms with Crippen LogP contribution in [0.4, 0.5) is 5.69 Å². The Labute approximate surface area is 127 Å². The maximum atomic E-state index is 12.0. The van der Waals surface area contributed by atoms with Crippen LogP contribution in [0.25, 0.3) is 0 Å². The third-order valence-electron chi connectivity index (χ3n) is 3.31. The van der Waals surface area contributed by atoms with Crippen molar-refractivity contribution in [2.75, 3.05) is 11.4 Å². The van der Waals surface area contributed by atoms with Crippen molar-refractivity contribution in [1.82, 2.24) is 5.32 Å². The SMILES string of the molecule is CC1(C)C(=O)NC(=O)CN1c1cccc(Cl)c1C(N)=S. The normalized spacial score (nSPS) is 17.9. The first-order valence-corrected chi connectivity index (χ1v) is 6.74. The number of hydrogen-bond acceptors (Lipinski definition) is 4. The van der Waals surface area contributed by atoms with Crippen LogP contribution in [0, 0.1) is 0 Å².